The highest BCUT2D eigenvalue weighted by Gasteiger charge is 2.26. The molecule has 0 bridgehead atoms. The molecule has 2 unspecified atom stereocenters. The Labute approximate surface area is 346 Å². The molecule has 0 fully saturated rings. The first-order valence-electron chi connectivity index (χ1n) is 24.0. The molecule has 56 heavy (non-hydrogen) atoms. The summed E-state index contributed by atoms with van der Waals surface area (Å²) in [6.45, 7) is 3.78. The second-order valence-corrected chi connectivity index (χ2v) is 17.8. The fourth-order valence-electron chi connectivity index (χ4n) is 7.17. The number of ether oxygens (including phenoxy) is 2. The van der Waals surface area contributed by atoms with Crippen LogP contribution in [0.1, 0.15) is 251 Å². The molecule has 0 radical (unpaired) electrons. The lowest BCUT2D eigenvalue weighted by Gasteiger charge is -2.19. The van der Waals surface area contributed by atoms with Crippen LogP contribution in [0.5, 0.6) is 0 Å². The van der Waals surface area contributed by atoms with Gasteiger partial charge in [0.1, 0.15) is 6.61 Å². The zero-order valence-electron chi connectivity index (χ0n) is 36.9. The lowest BCUT2D eigenvalue weighted by Crippen LogP contribution is -2.29. The number of carbonyl (C=O) groups is 2. The molecule has 3 N–H and O–H groups in total. The Bertz CT molecular complexity index is 891. The van der Waals surface area contributed by atoms with E-state index in [2.05, 4.69) is 13.8 Å². The van der Waals surface area contributed by atoms with Gasteiger partial charge in [0.25, 0.3) is 0 Å². The van der Waals surface area contributed by atoms with Crippen LogP contribution in [0.2, 0.25) is 0 Å². The van der Waals surface area contributed by atoms with Crippen LogP contribution < -0.4 is 5.73 Å². The fraction of sp³-hybridized carbons (Fsp3) is 0.957. The topological polar surface area (TPSA) is 134 Å². The molecule has 0 heterocycles. The van der Waals surface area contributed by atoms with E-state index < -0.39 is 26.5 Å². The van der Waals surface area contributed by atoms with Gasteiger partial charge >= 0.3 is 19.8 Å². The van der Waals surface area contributed by atoms with E-state index in [-0.39, 0.29) is 38.6 Å². The highest BCUT2D eigenvalue weighted by molar-refractivity contribution is 7.47. The van der Waals surface area contributed by atoms with Crippen molar-refractivity contribution >= 4 is 19.8 Å². The average molecular weight is 818 g/mol. The molecule has 2 atom stereocenters. The molecular weight excluding hydrogens is 725 g/mol. The van der Waals surface area contributed by atoms with Crippen molar-refractivity contribution in [2.45, 2.75) is 258 Å². The Kier molecular flexibility index (Phi) is 42.8. The van der Waals surface area contributed by atoms with Gasteiger partial charge in [-0.05, 0) is 12.8 Å². The highest BCUT2D eigenvalue weighted by atomic mass is 31.2. The van der Waals surface area contributed by atoms with Gasteiger partial charge in [-0.2, -0.15) is 0 Å². The largest absolute Gasteiger partial charge is 0.472 e. The van der Waals surface area contributed by atoms with E-state index in [1.54, 1.807) is 0 Å². The van der Waals surface area contributed by atoms with Crippen molar-refractivity contribution < 1.29 is 37.6 Å². The van der Waals surface area contributed by atoms with E-state index in [9.17, 15) is 19.0 Å². The van der Waals surface area contributed by atoms with Crippen molar-refractivity contribution in [3.8, 4) is 0 Å². The molecule has 0 amide bonds. The first-order valence-corrected chi connectivity index (χ1v) is 25.5. The van der Waals surface area contributed by atoms with Gasteiger partial charge in [-0.15, -0.1) is 0 Å². The summed E-state index contributed by atoms with van der Waals surface area (Å²) in [5, 5.41) is 0. The summed E-state index contributed by atoms with van der Waals surface area (Å²) >= 11 is 0. The quantitative estimate of drug-likeness (QED) is 0.0350. The average Bonchev–Trinajstić information content (AvgIpc) is 3.18. The standard InChI is InChI=1S/C46H92NO8P/c1-3-5-7-9-11-13-15-17-18-19-20-21-22-23-24-25-26-27-29-31-33-35-37-39-46(49)55-44(43-54-56(50,51)53-41-40-47)42-52-45(48)38-36-34-32-30-28-16-14-12-10-8-6-4-2/h44H,3-43,47H2,1-2H3,(H,50,51). The third kappa shape index (κ3) is 42.6. The molecule has 0 saturated heterocycles. The smallest absolute Gasteiger partial charge is 0.462 e. The predicted molar refractivity (Wildman–Crippen MR) is 234 cm³/mol. The summed E-state index contributed by atoms with van der Waals surface area (Å²) < 4.78 is 32.8. The maximum atomic E-state index is 12.6. The number of esters is 2. The van der Waals surface area contributed by atoms with Crippen LogP contribution in [-0.2, 0) is 32.7 Å². The Morgan fingerprint density at radius 2 is 0.768 bits per heavy atom. The van der Waals surface area contributed by atoms with Crippen LogP contribution in [0.3, 0.4) is 0 Å². The SMILES string of the molecule is CCCCCCCCCCCCCCCCCCCCCCCCCC(=O)OC(COC(=O)CCCCCCCCCCCCCC)COP(=O)(O)OCCN. The number of unbranched alkanes of at least 4 members (excludes halogenated alkanes) is 33. The Balaban J connectivity index is 3.97. The highest BCUT2D eigenvalue weighted by Crippen LogP contribution is 2.43. The van der Waals surface area contributed by atoms with Crippen LogP contribution in [0, 0.1) is 0 Å². The number of hydrogen-bond acceptors (Lipinski definition) is 8. The minimum absolute atomic E-state index is 0.0582. The first kappa shape index (κ1) is 55.0. The van der Waals surface area contributed by atoms with Gasteiger partial charge in [0.15, 0.2) is 6.10 Å². The van der Waals surface area contributed by atoms with Crippen molar-refractivity contribution in [2.24, 2.45) is 5.73 Å². The molecule has 0 aromatic rings. The first-order chi connectivity index (χ1) is 27.3. The monoisotopic (exact) mass is 818 g/mol. The number of phosphoric acid groups is 1. The zero-order valence-corrected chi connectivity index (χ0v) is 37.8. The summed E-state index contributed by atoms with van der Waals surface area (Å²) in [4.78, 5) is 34.9. The molecule has 0 aromatic heterocycles. The van der Waals surface area contributed by atoms with E-state index >= 15 is 0 Å². The third-order valence-electron chi connectivity index (χ3n) is 10.7. The molecule has 0 spiro atoms. The van der Waals surface area contributed by atoms with E-state index in [0.29, 0.717) is 6.42 Å². The van der Waals surface area contributed by atoms with Crippen molar-refractivity contribution in [3.05, 3.63) is 0 Å². The van der Waals surface area contributed by atoms with Crippen molar-refractivity contribution in [1.29, 1.82) is 0 Å². The van der Waals surface area contributed by atoms with Gasteiger partial charge in [0.05, 0.1) is 13.2 Å². The molecule has 9 nitrogen and oxygen atoms in total. The number of phosphoric ester groups is 1. The van der Waals surface area contributed by atoms with Crippen molar-refractivity contribution in [1.82, 2.24) is 0 Å². The maximum Gasteiger partial charge on any atom is 0.472 e. The van der Waals surface area contributed by atoms with Gasteiger partial charge in [-0.1, -0.05) is 226 Å². The van der Waals surface area contributed by atoms with Gasteiger partial charge in [0.2, 0.25) is 0 Å². The minimum Gasteiger partial charge on any atom is -0.462 e. The van der Waals surface area contributed by atoms with Crippen molar-refractivity contribution in [2.75, 3.05) is 26.4 Å². The summed E-state index contributed by atoms with van der Waals surface area (Å²) in [6, 6.07) is 0. The molecule has 10 heteroatoms. The summed E-state index contributed by atoms with van der Waals surface area (Å²) in [5.74, 6) is -0.811. The van der Waals surface area contributed by atoms with E-state index in [0.717, 1.165) is 32.1 Å². The second-order valence-electron chi connectivity index (χ2n) is 16.3. The van der Waals surface area contributed by atoms with E-state index in [1.165, 1.54) is 186 Å². The van der Waals surface area contributed by atoms with Crippen LogP contribution in [0.25, 0.3) is 0 Å². The number of hydrogen-bond donors (Lipinski definition) is 2. The molecule has 0 aromatic carbocycles. The van der Waals surface area contributed by atoms with Crippen LogP contribution in [-0.4, -0.2) is 49.3 Å². The van der Waals surface area contributed by atoms with E-state index in [1.807, 2.05) is 0 Å². The predicted octanol–water partition coefficient (Wildman–Crippen LogP) is 14.0. The van der Waals surface area contributed by atoms with Crippen LogP contribution in [0.15, 0.2) is 0 Å². The Morgan fingerprint density at radius 1 is 0.464 bits per heavy atom. The van der Waals surface area contributed by atoms with Crippen LogP contribution in [0.4, 0.5) is 0 Å². The summed E-state index contributed by atoms with van der Waals surface area (Å²) in [7, 11) is -4.37. The molecule has 334 valence electrons. The normalized spacial score (nSPS) is 13.1. The second kappa shape index (κ2) is 43.6. The van der Waals surface area contributed by atoms with Gasteiger partial charge in [-0.3, -0.25) is 18.6 Å². The summed E-state index contributed by atoms with van der Waals surface area (Å²) in [5.41, 5.74) is 5.35. The molecule has 0 aliphatic rings. The van der Waals surface area contributed by atoms with Gasteiger partial charge in [0, 0.05) is 19.4 Å². The lowest BCUT2D eigenvalue weighted by atomic mass is 10.0. The van der Waals surface area contributed by atoms with Gasteiger partial charge < -0.3 is 20.1 Å². The molecule has 0 rings (SSSR count). The van der Waals surface area contributed by atoms with E-state index in [4.69, 9.17) is 24.3 Å². The van der Waals surface area contributed by atoms with Gasteiger partial charge in [-0.25, -0.2) is 4.57 Å². The lowest BCUT2D eigenvalue weighted by molar-refractivity contribution is -0.161. The maximum absolute atomic E-state index is 12.6. The molecule has 0 aliphatic heterocycles. The molecule has 0 saturated carbocycles. The molecule has 0 aliphatic carbocycles. The molecular formula is C46H92NO8P. The Morgan fingerprint density at radius 3 is 1.09 bits per heavy atom. The van der Waals surface area contributed by atoms with Crippen molar-refractivity contribution in [3.63, 3.8) is 0 Å². The summed E-state index contributed by atoms with van der Waals surface area (Å²) in [6.07, 6.45) is 44.3. The Hall–Kier alpha value is -0.990. The van der Waals surface area contributed by atoms with Crippen LogP contribution >= 0.6 is 7.82 Å². The number of rotatable bonds is 46. The zero-order chi connectivity index (χ0) is 41.1. The fourth-order valence-corrected chi connectivity index (χ4v) is 7.93. The minimum atomic E-state index is -4.37. The third-order valence-corrected chi connectivity index (χ3v) is 11.7. The number of nitrogens with two attached hydrogens (primary N) is 1. The number of carbonyl (C=O) groups excluding carboxylic acids is 2.